The van der Waals surface area contributed by atoms with Crippen LogP contribution in [0.15, 0.2) is 94.6 Å². The van der Waals surface area contributed by atoms with Gasteiger partial charge in [-0.1, -0.05) is 0 Å². The number of nitrogen functional groups attached to an aromatic ring is 1. The van der Waals surface area contributed by atoms with Crippen molar-refractivity contribution in [2.75, 3.05) is 54.6 Å². The first-order chi connectivity index (χ1) is 30.0. The quantitative estimate of drug-likeness (QED) is 0.0114. The number of anilines is 4. The number of azo groups is 2. The molecule has 6 rings (SSSR count). The van der Waals surface area contributed by atoms with Crippen molar-refractivity contribution in [1.82, 2.24) is 15.0 Å². The van der Waals surface area contributed by atoms with Crippen molar-refractivity contribution in [1.29, 1.82) is 0 Å². The summed E-state index contributed by atoms with van der Waals surface area (Å²) in [5.74, 6) is -2.28. The second kappa shape index (κ2) is 26.3. The van der Waals surface area contributed by atoms with Gasteiger partial charge in [0.1, 0.15) is 37.3 Å². The molecule has 0 aliphatic carbocycles. The predicted molar refractivity (Wildman–Crippen MR) is 209 cm³/mol. The average molecular weight is 1080 g/mol. The maximum atomic E-state index is 14.4. The van der Waals surface area contributed by atoms with Crippen LogP contribution in [-0.2, 0) is 58.8 Å². The first-order valence-corrected chi connectivity index (χ1v) is 23.7. The van der Waals surface area contributed by atoms with Gasteiger partial charge in [-0.3, -0.25) is 9.22 Å². The number of phenols is 1. The van der Waals surface area contributed by atoms with Crippen LogP contribution in [0.5, 0.6) is 5.75 Å². The van der Waals surface area contributed by atoms with E-state index in [2.05, 4.69) is 54.3 Å². The SMILES string of the molecule is Nc1c(N=Nc2ccc(S(=O)(=O)CCOS(=O)(=O)[O-])cc2)c(S(=O)(=O)[O-])cc2cc(SOO[O-])c(N=Nc3cc(Nc4nc(F)nc(N5CCOCC5)n4)ccc3S(=O)(=O)[O-])c(O)c12.[Na+].[Na+].[Na+].[Na+]. The van der Waals surface area contributed by atoms with Crippen LogP contribution in [0, 0.1) is 6.08 Å². The van der Waals surface area contributed by atoms with Crippen LogP contribution in [0.1, 0.15) is 0 Å². The zero-order valence-corrected chi connectivity index (χ0v) is 47.6. The molecule has 0 saturated carbocycles. The molecule has 0 amide bonds. The predicted octanol–water partition coefficient (Wildman–Crippen LogP) is -9.83. The van der Waals surface area contributed by atoms with E-state index in [1.165, 1.54) is 0 Å². The Bertz CT molecular complexity index is 3150. The summed E-state index contributed by atoms with van der Waals surface area (Å²) in [6.45, 7) is 0.331. The monoisotopic (exact) mass is 1080 g/mol. The van der Waals surface area contributed by atoms with Crippen LogP contribution in [0.3, 0.4) is 0 Å². The van der Waals surface area contributed by atoms with Crippen molar-refractivity contribution < 1.29 is 199 Å². The largest absolute Gasteiger partial charge is 1.00 e. The number of ether oxygens (including phenoxy) is 1. The first kappa shape index (κ1) is 62.4. The number of rotatable bonds is 17. The third-order valence-corrected chi connectivity index (χ3v) is 12.9. The van der Waals surface area contributed by atoms with Crippen molar-refractivity contribution in [2.24, 2.45) is 20.5 Å². The summed E-state index contributed by atoms with van der Waals surface area (Å²) in [7, 11) is -20.1. The van der Waals surface area contributed by atoms with Crippen LogP contribution >= 0.6 is 12.0 Å². The van der Waals surface area contributed by atoms with Gasteiger partial charge in [-0.2, -0.15) is 28.8 Å². The van der Waals surface area contributed by atoms with Gasteiger partial charge in [-0.25, -0.2) is 33.7 Å². The van der Waals surface area contributed by atoms with Crippen molar-refractivity contribution in [3.8, 4) is 5.75 Å². The summed E-state index contributed by atoms with van der Waals surface area (Å²) < 4.78 is 159. The van der Waals surface area contributed by atoms with Gasteiger partial charge in [0.05, 0.1) is 74.0 Å². The number of benzene rings is 4. The molecule has 37 heteroatoms. The van der Waals surface area contributed by atoms with Crippen LogP contribution in [0.2, 0.25) is 0 Å². The van der Waals surface area contributed by atoms with Gasteiger partial charge in [0.2, 0.25) is 22.3 Å². The Hall–Kier alpha value is -1.69. The fourth-order valence-electron chi connectivity index (χ4n) is 5.63. The molecule has 0 atom stereocenters. The van der Waals surface area contributed by atoms with Crippen molar-refractivity contribution in [2.45, 2.75) is 19.6 Å². The topological polar surface area (TPSA) is 415 Å². The Balaban J connectivity index is 0.00000397. The Labute approximate surface area is 477 Å². The molecular formula is C31H25FN10Na4O17S5. The standard InChI is InChI=1S/C31H29FN10O17S5.4Na/c32-29-35-30(37-31(36-29)42-7-9-56-10-8-42)34-18-3-6-22(62(47,48)49)20(15-18)39-40-26-21(60-59-58-44)13-16-14-23(63(50,51)52)27(25(33)24(16)28(26)43)41-38-17-1-4-19(5-2-17)61(45,46)12-11-57-64(53,54)55;;;;/h1-6,13-15,43-44H,7-12,33H2,(H,47,48,49)(H,50,51,52)(H,53,54,55)(H,34,35,36,37);;;;/q;4*+1/p-4. The summed E-state index contributed by atoms with van der Waals surface area (Å²) in [5, 5.41) is 42.8. The van der Waals surface area contributed by atoms with E-state index in [1.807, 2.05) is 0 Å². The summed E-state index contributed by atoms with van der Waals surface area (Å²) in [5.41, 5.74) is 3.10. The van der Waals surface area contributed by atoms with E-state index in [9.17, 15) is 62.1 Å². The van der Waals surface area contributed by atoms with Gasteiger partial charge < -0.3 is 44.7 Å². The minimum atomic E-state index is -5.46. The fourth-order valence-corrected chi connectivity index (χ4v) is 8.85. The van der Waals surface area contributed by atoms with Crippen LogP contribution in [0.25, 0.3) is 10.8 Å². The zero-order chi connectivity index (χ0) is 46.6. The molecular weight excluding hydrogens is 1060 g/mol. The number of sulfone groups is 1. The maximum Gasteiger partial charge on any atom is 1.00 e. The van der Waals surface area contributed by atoms with Gasteiger partial charge in [-0.05, 0) is 60.0 Å². The van der Waals surface area contributed by atoms with Gasteiger partial charge in [0.25, 0.3) is 0 Å². The second-order valence-corrected chi connectivity index (χ2v) is 19.1. The van der Waals surface area contributed by atoms with E-state index in [0.717, 1.165) is 48.5 Å². The summed E-state index contributed by atoms with van der Waals surface area (Å²) in [6.07, 6.45) is -1.17. The first-order valence-electron chi connectivity index (χ1n) is 17.1. The molecule has 1 saturated heterocycles. The number of morpholine rings is 1. The van der Waals surface area contributed by atoms with E-state index in [0.29, 0.717) is 32.4 Å². The summed E-state index contributed by atoms with van der Waals surface area (Å²) >= 11 is 0.0679. The van der Waals surface area contributed by atoms with Crippen molar-refractivity contribution in [3.63, 3.8) is 0 Å². The number of nitrogens with zero attached hydrogens (tertiary/aromatic N) is 8. The van der Waals surface area contributed by atoms with Gasteiger partial charge in [0, 0.05) is 18.8 Å². The molecule has 27 nitrogen and oxygen atoms in total. The molecule has 4 aromatic carbocycles. The van der Waals surface area contributed by atoms with E-state index in [4.69, 9.17) is 10.5 Å². The molecule has 0 radical (unpaired) electrons. The summed E-state index contributed by atoms with van der Waals surface area (Å²) in [6, 6.07) is 8.67. The molecule has 68 heavy (non-hydrogen) atoms. The Morgan fingerprint density at radius 1 is 0.824 bits per heavy atom. The molecule has 0 bridgehead atoms. The smallest absolute Gasteiger partial charge is 0.744 e. The van der Waals surface area contributed by atoms with Crippen LogP contribution in [0.4, 0.5) is 50.4 Å². The average Bonchev–Trinajstić information content (AvgIpc) is 3.21. The van der Waals surface area contributed by atoms with Crippen molar-refractivity contribution >= 4 is 109 Å². The number of halogens is 1. The van der Waals surface area contributed by atoms with Crippen LogP contribution < -0.4 is 139 Å². The third kappa shape index (κ3) is 16.4. The number of phenolic OH excluding ortho intramolecular Hbond substituents is 1. The Morgan fingerprint density at radius 2 is 1.46 bits per heavy atom. The molecule has 1 aliphatic heterocycles. The minimum Gasteiger partial charge on any atom is -0.744 e. The molecule has 1 aromatic heterocycles. The Morgan fingerprint density at radius 3 is 2.06 bits per heavy atom. The number of hydrogen-bond acceptors (Lipinski definition) is 28. The van der Waals surface area contributed by atoms with Gasteiger partial charge >= 0.3 is 124 Å². The molecule has 0 spiro atoms. The van der Waals surface area contributed by atoms with E-state index in [1.54, 1.807) is 4.90 Å². The Kier molecular flexibility index (Phi) is 24.2. The van der Waals surface area contributed by atoms with Gasteiger partial charge in [-0.15, -0.1) is 15.3 Å². The number of nitrogens with two attached hydrogens (primary N) is 1. The molecule has 0 unspecified atom stereocenters. The molecule has 342 valence electrons. The number of hydrogen-bond donors (Lipinski definition) is 3. The van der Waals surface area contributed by atoms with Gasteiger partial charge in [0.15, 0.2) is 15.6 Å². The third-order valence-electron chi connectivity index (χ3n) is 8.41. The molecule has 5 aromatic rings. The molecule has 1 aliphatic rings. The van der Waals surface area contributed by atoms with Crippen molar-refractivity contribution in [3.05, 3.63) is 60.7 Å². The van der Waals surface area contributed by atoms with E-state index in [-0.39, 0.29) is 164 Å². The number of aromatic hydroxyl groups is 1. The maximum absolute atomic E-state index is 14.4. The summed E-state index contributed by atoms with van der Waals surface area (Å²) in [4.78, 5) is 10.2. The molecule has 4 N–H and O–H groups in total. The number of fused-ring (bicyclic) bond motifs is 1. The van der Waals surface area contributed by atoms with E-state index >= 15 is 0 Å². The molecule has 1 fully saturated rings. The minimum absolute atomic E-state index is 0. The normalized spacial score (nSPS) is 13.4. The second-order valence-electron chi connectivity index (χ2n) is 12.5. The fraction of sp³-hybridized carbons (Fsp3) is 0.194. The van der Waals surface area contributed by atoms with Crippen LogP contribution in [-0.4, -0.2) is 106 Å². The number of aromatic nitrogens is 3. The molecule has 2 heterocycles. The number of nitrogens with one attached hydrogen (secondary N) is 1. The van der Waals surface area contributed by atoms with E-state index < -0.39 is 107 Å². The zero-order valence-electron chi connectivity index (χ0n) is 35.5.